The lowest BCUT2D eigenvalue weighted by atomic mass is 10.1. The van der Waals surface area contributed by atoms with E-state index in [2.05, 4.69) is 20.8 Å². The zero-order valence-corrected chi connectivity index (χ0v) is 14.6. The molecule has 0 unspecified atom stereocenters. The van der Waals surface area contributed by atoms with Gasteiger partial charge in [0.15, 0.2) is 11.6 Å². The number of hydrogen-bond acceptors (Lipinski definition) is 4. The monoisotopic (exact) mass is 354 g/mol. The van der Waals surface area contributed by atoms with E-state index in [9.17, 15) is 4.79 Å². The zero-order chi connectivity index (χ0) is 18.5. The summed E-state index contributed by atoms with van der Waals surface area (Å²) < 4.78 is 0. The SMILES string of the molecule is O=C(Cc1ccccc1)NNc1nc(-c2ccccc2)nc2ccccc12. The molecule has 4 rings (SSSR count). The van der Waals surface area contributed by atoms with Crippen molar-refractivity contribution in [1.29, 1.82) is 0 Å². The molecule has 0 bridgehead atoms. The molecule has 3 aromatic carbocycles. The first kappa shape index (κ1) is 16.7. The summed E-state index contributed by atoms with van der Waals surface area (Å²) in [5.41, 5.74) is 8.39. The van der Waals surface area contributed by atoms with Crippen LogP contribution in [-0.4, -0.2) is 15.9 Å². The summed E-state index contributed by atoms with van der Waals surface area (Å²) in [7, 11) is 0. The normalized spacial score (nSPS) is 10.5. The average Bonchev–Trinajstić information content (AvgIpc) is 2.73. The third kappa shape index (κ3) is 3.93. The van der Waals surface area contributed by atoms with Crippen LogP contribution < -0.4 is 10.9 Å². The lowest BCUT2D eigenvalue weighted by molar-refractivity contribution is -0.119. The summed E-state index contributed by atoms with van der Waals surface area (Å²) in [4.78, 5) is 21.5. The first-order chi connectivity index (χ1) is 13.3. The Hall–Kier alpha value is -3.73. The van der Waals surface area contributed by atoms with E-state index in [1.807, 2.05) is 84.9 Å². The van der Waals surface area contributed by atoms with Crippen molar-refractivity contribution in [3.05, 3.63) is 90.5 Å². The highest BCUT2D eigenvalue weighted by molar-refractivity contribution is 5.91. The van der Waals surface area contributed by atoms with Crippen LogP contribution in [0.15, 0.2) is 84.9 Å². The van der Waals surface area contributed by atoms with E-state index >= 15 is 0 Å². The topological polar surface area (TPSA) is 66.9 Å². The number of anilines is 1. The van der Waals surface area contributed by atoms with Crippen LogP contribution in [0.2, 0.25) is 0 Å². The Bertz CT molecular complexity index is 1070. The Kier molecular flexibility index (Phi) is 4.74. The molecule has 0 aliphatic carbocycles. The summed E-state index contributed by atoms with van der Waals surface area (Å²) >= 11 is 0. The number of para-hydroxylation sites is 1. The molecule has 4 aromatic rings. The van der Waals surface area contributed by atoms with Gasteiger partial charge >= 0.3 is 0 Å². The van der Waals surface area contributed by atoms with Crippen molar-refractivity contribution in [3.8, 4) is 11.4 Å². The van der Waals surface area contributed by atoms with Gasteiger partial charge in [0.2, 0.25) is 5.91 Å². The first-order valence-electron chi connectivity index (χ1n) is 8.70. The molecule has 5 nitrogen and oxygen atoms in total. The number of rotatable bonds is 5. The molecule has 0 aliphatic rings. The number of nitrogens with zero attached hydrogens (tertiary/aromatic N) is 2. The molecule has 27 heavy (non-hydrogen) atoms. The molecule has 132 valence electrons. The Balaban J connectivity index is 1.59. The Morgan fingerprint density at radius 3 is 2.22 bits per heavy atom. The number of hydrazine groups is 1. The van der Waals surface area contributed by atoms with Crippen molar-refractivity contribution in [2.24, 2.45) is 0 Å². The Morgan fingerprint density at radius 1 is 0.778 bits per heavy atom. The maximum Gasteiger partial charge on any atom is 0.242 e. The zero-order valence-electron chi connectivity index (χ0n) is 14.6. The third-order valence-corrected chi connectivity index (χ3v) is 4.16. The molecule has 0 spiro atoms. The van der Waals surface area contributed by atoms with Gasteiger partial charge in [-0.15, -0.1) is 0 Å². The molecule has 1 heterocycles. The van der Waals surface area contributed by atoms with Crippen LogP contribution in [0.4, 0.5) is 5.82 Å². The smallest absolute Gasteiger partial charge is 0.242 e. The average molecular weight is 354 g/mol. The number of benzene rings is 3. The number of carbonyl (C=O) groups excluding carboxylic acids is 1. The van der Waals surface area contributed by atoms with E-state index in [4.69, 9.17) is 0 Å². The number of hydrogen-bond donors (Lipinski definition) is 2. The van der Waals surface area contributed by atoms with Gasteiger partial charge in [0.05, 0.1) is 11.9 Å². The minimum atomic E-state index is -0.134. The van der Waals surface area contributed by atoms with Gasteiger partial charge in [0.1, 0.15) is 0 Å². The summed E-state index contributed by atoms with van der Waals surface area (Å²) in [6.45, 7) is 0. The second-order valence-electron chi connectivity index (χ2n) is 6.11. The minimum absolute atomic E-state index is 0.134. The highest BCUT2D eigenvalue weighted by atomic mass is 16.2. The number of amides is 1. The molecule has 0 saturated carbocycles. The molecule has 1 aromatic heterocycles. The summed E-state index contributed by atoms with van der Waals surface area (Å²) in [6.07, 6.45) is 0.294. The summed E-state index contributed by atoms with van der Waals surface area (Å²) in [5.74, 6) is 1.04. The molecular formula is C22H18N4O. The fourth-order valence-electron chi connectivity index (χ4n) is 2.84. The van der Waals surface area contributed by atoms with E-state index in [1.54, 1.807) is 0 Å². The highest BCUT2D eigenvalue weighted by Crippen LogP contribution is 2.24. The largest absolute Gasteiger partial charge is 0.281 e. The molecule has 0 radical (unpaired) electrons. The lowest BCUT2D eigenvalue weighted by Gasteiger charge is -2.12. The number of nitrogens with one attached hydrogen (secondary N) is 2. The van der Waals surface area contributed by atoms with Crippen LogP contribution in [0.5, 0.6) is 0 Å². The number of carbonyl (C=O) groups is 1. The number of fused-ring (bicyclic) bond motifs is 1. The van der Waals surface area contributed by atoms with E-state index in [0.29, 0.717) is 18.1 Å². The van der Waals surface area contributed by atoms with Crippen LogP contribution in [0, 0.1) is 0 Å². The van der Waals surface area contributed by atoms with E-state index in [-0.39, 0.29) is 5.91 Å². The van der Waals surface area contributed by atoms with Gasteiger partial charge in [-0.1, -0.05) is 72.8 Å². The predicted molar refractivity (Wildman–Crippen MR) is 107 cm³/mol. The Morgan fingerprint density at radius 2 is 1.44 bits per heavy atom. The maximum absolute atomic E-state index is 12.3. The molecule has 5 heteroatoms. The molecule has 1 amide bonds. The lowest BCUT2D eigenvalue weighted by Crippen LogP contribution is -2.31. The van der Waals surface area contributed by atoms with Crippen molar-refractivity contribution in [2.45, 2.75) is 6.42 Å². The summed E-state index contributed by atoms with van der Waals surface area (Å²) in [6, 6.07) is 27.1. The van der Waals surface area contributed by atoms with Gasteiger partial charge < -0.3 is 0 Å². The third-order valence-electron chi connectivity index (χ3n) is 4.16. The van der Waals surface area contributed by atoms with E-state index in [0.717, 1.165) is 22.0 Å². The van der Waals surface area contributed by atoms with Gasteiger partial charge in [-0.05, 0) is 17.7 Å². The van der Waals surface area contributed by atoms with Crippen molar-refractivity contribution < 1.29 is 4.79 Å². The van der Waals surface area contributed by atoms with Crippen molar-refractivity contribution in [2.75, 3.05) is 5.43 Å². The van der Waals surface area contributed by atoms with Crippen LogP contribution in [0.25, 0.3) is 22.3 Å². The number of aromatic nitrogens is 2. The van der Waals surface area contributed by atoms with Crippen LogP contribution >= 0.6 is 0 Å². The predicted octanol–water partition coefficient (Wildman–Crippen LogP) is 3.98. The fraction of sp³-hybridized carbons (Fsp3) is 0.0455. The molecule has 0 aliphatic heterocycles. The molecule has 0 saturated heterocycles. The first-order valence-corrected chi connectivity index (χ1v) is 8.70. The summed E-state index contributed by atoms with van der Waals surface area (Å²) in [5, 5.41) is 0.845. The molecular weight excluding hydrogens is 336 g/mol. The van der Waals surface area contributed by atoms with Crippen molar-refractivity contribution in [3.63, 3.8) is 0 Å². The van der Waals surface area contributed by atoms with E-state index < -0.39 is 0 Å². The van der Waals surface area contributed by atoms with Gasteiger partial charge in [-0.2, -0.15) is 0 Å². The minimum Gasteiger partial charge on any atom is -0.281 e. The fourth-order valence-corrected chi connectivity index (χ4v) is 2.84. The van der Waals surface area contributed by atoms with Gasteiger partial charge in [0.25, 0.3) is 0 Å². The Labute approximate surface area is 157 Å². The van der Waals surface area contributed by atoms with Gasteiger partial charge in [0, 0.05) is 10.9 Å². The van der Waals surface area contributed by atoms with Gasteiger partial charge in [-0.3, -0.25) is 15.6 Å². The molecule has 2 N–H and O–H groups in total. The van der Waals surface area contributed by atoms with Crippen LogP contribution in [0.3, 0.4) is 0 Å². The standard InChI is InChI=1S/C22H18N4O/c27-20(15-16-9-3-1-4-10-16)25-26-22-18-13-7-8-14-19(18)23-21(24-22)17-11-5-2-6-12-17/h1-14H,15H2,(H,25,27)(H,23,24,26). The molecule has 0 atom stereocenters. The second kappa shape index (κ2) is 7.66. The van der Waals surface area contributed by atoms with E-state index in [1.165, 1.54) is 0 Å². The maximum atomic E-state index is 12.3. The highest BCUT2D eigenvalue weighted by Gasteiger charge is 2.10. The van der Waals surface area contributed by atoms with Crippen molar-refractivity contribution in [1.82, 2.24) is 15.4 Å². The second-order valence-corrected chi connectivity index (χ2v) is 6.11. The van der Waals surface area contributed by atoms with Gasteiger partial charge in [-0.25, -0.2) is 9.97 Å². The molecule has 0 fully saturated rings. The van der Waals surface area contributed by atoms with Crippen LogP contribution in [0.1, 0.15) is 5.56 Å². The van der Waals surface area contributed by atoms with Crippen molar-refractivity contribution >= 4 is 22.6 Å². The van der Waals surface area contributed by atoms with Crippen LogP contribution in [-0.2, 0) is 11.2 Å². The quantitative estimate of drug-likeness (QED) is 0.532.